The van der Waals surface area contributed by atoms with Crippen LogP contribution in [0.15, 0.2) is 49.8 Å². The molecule has 0 saturated heterocycles. The standard InChI is InChI=1S/C16H16Br3NO/c1-20-15(11-7-12(17)9-13(18)8-11)6-10-3-4-16(21-2)14(19)5-10/h3-5,7-9,15,20H,6H2,1-2H3. The zero-order chi connectivity index (χ0) is 15.4. The summed E-state index contributed by atoms with van der Waals surface area (Å²) in [5.41, 5.74) is 2.49. The van der Waals surface area contributed by atoms with Gasteiger partial charge in [-0.15, -0.1) is 0 Å². The smallest absolute Gasteiger partial charge is 0.133 e. The van der Waals surface area contributed by atoms with Crippen LogP contribution in [0.1, 0.15) is 17.2 Å². The number of likely N-dealkylation sites (N-methyl/N-ethyl adjacent to an activating group) is 1. The first-order valence-corrected chi connectivity index (χ1v) is 8.87. The second-order valence-electron chi connectivity index (χ2n) is 4.72. The zero-order valence-corrected chi connectivity index (χ0v) is 16.5. The molecule has 1 N–H and O–H groups in total. The van der Waals surface area contributed by atoms with E-state index in [1.165, 1.54) is 11.1 Å². The lowest BCUT2D eigenvalue weighted by molar-refractivity contribution is 0.412. The maximum absolute atomic E-state index is 5.27. The van der Waals surface area contributed by atoms with Crippen LogP contribution in [0.25, 0.3) is 0 Å². The number of benzene rings is 2. The molecule has 2 nitrogen and oxygen atoms in total. The molecule has 0 amide bonds. The van der Waals surface area contributed by atoms with Crippen molar-refractivity contribution in [2.45, 2.75) is 12.5 Å². The van der Waals surface area contributed by atoms with E-state index in [0.29, 0.717) is 0 Å². The molecule has 0 saturated carbocycles. The quantitative estimate of drug-likeness (QED) is 0.615. The van der Waals surface area contributed by atoms with Crippen LogP contribution < -0.4 is 10.1 Å². The van der Waals surface area contributed by atoms with Gasteiger partial charge in [0.1, 0.15) is 5.75 Å². The summed E-state index contributed by atoms with van der Waals surface area (Å²) < 4.78 is 8.40. The Hall–Kier alpha value is -0.360. The average molecular weight is 478 g/mol. The molecule has 5 heteroatoms. The van der Waals surface area contributed by atoms with Gasteiger partial charge >= 0.3 is 0 Å². The molecule has 1 atom stereocenters. The summed E-state index contributed by atoms with van der Waals surface area (Å²) in [6.45, 7) is 0. The molecular weight excluding hydrogens is 462 g/mol. The molecule has 0 aliphatic carbocycles. The van der Waals surface area contributed by atoms with Gasteiger partial charge in [-0.25, -0.2) is 0 Å². The van der Waals surface area contributed by atoms with Crippen molar-refractivity contribution in [3.05, 3.63) is 60.9 Å². The fraction of sp³-hybridized carbons (Fsp3) is 0.250. The van der Waals surface area contributed by atoms with E-state index >= 15 is 0 Å². The summed E-state index contributed by atoms with van der Waals surface area (Å²) >= 11 is 10.6. The van der Waals surface area contributed by atoms with Crippen molar-refractivity contribution in [1.29, 1.82) is 0 Å². The van der Waals surface area contributed by atoms with Gasteiger partial charge < -0.3 is 10.1 Å². The largest absolute Gasteiger partial charge is 0.496 e. The van der Waals surface area contributed by atoms with E-state index in [0.717, 1.165) is 25.6 Å². The lowest BCUT2D eigenvalue weighted by Gasteiger charge is -2.18. The molecule has 0 fully saturated rings. The minimum absolute atomic E-state index is 0.249. The van der Waals surface area contributed by atoms with Gasteiger partial charge in [-0.2, -0.15) is 0 Å². The Morgan fingerprint density at radius 1 is 1.05 bits per heavy atom. The summed E-state index contributed by atoms with van der Waals surface area (Å²) in [5.74, 6) is 0.852. The van der Waals surface area contributed by atoms with Gasteiger partial charge in [0, 0.05) is 15.0 Å². The maximum atomic E-state index is 5.27. The van der Waals surface area contributed by atoms with Crippen molar-refractivity contribution in [3.63, 3.8) is 0 Å². The Kier molecular flexibility index (Phi) is 6.29. The van der Waals surface area contributed by atoms with Crippen molar-refractivity contribution < 1.29 is 4.74 Å². The highest BCUT2D eigenvalue weighted by Crippen LogP contribution is 2.29. The zero-order valence-electron chi connectivity index (χ0n) is 11.8. The molecule has 21 heavy (non-hydrogen) atoms. The van der Waals surface area contributed by atoms with Crippen LogP contribution in [0.5, 0.6) is 5.75 Å². The monoisotopic (exact) mass is 475 g/mol. The summed E-state index contributed by atoms with van der Waals surface area (Å²) in [6.07, 6.45) is 0.905. The Morgan fingerprint density at radius 3 is 2.24 bits per heavy atom. The molecule has 0 radical (unpaired) electrons. The number of methoxy groups -OCH3 is 1. The first-order chi connectivity index (χ1) is 10.0. The average Bonchev–Trinajstić information content (AvgIpc) is 2.43. The summed E-state index contributed by atoms with van der Waals surface area (Å²) in [4.78, 5) is 0. The third kappa shape index (κ3) is 4.55. The highest BCUT2D eigenvalue weighted by atomic mass is 79.9. The summed E-state index contributed by atoms with van der Waals surface area (Å²) in [7, 11) is 3.66. The van der Waals surface area contributed by atoms with E-state index in [1.807, 2.05) is 19.2 Å². The molecule has 0 aliphatic rings. The molecule has 1 unspecified atom stereocenters. The van der Waals surface area contributed by atoms with E-state index in [9.17, 15) is 0 Å². The summed E-state index contributed by atoms with van der Waals surface area (Å²) in [5, 5.41) is 3.38. The molecule has 0 spiro atoms. The molecule has 2 aromatic carbocycles. The first-order valence-electron chi connectivity index (χ1n) is 6.49. The van der Waals surface area contributed by atoms with Gasteiger partial charge in [0.05, 0.1) is 11.6 Å². The van der Waals surface area contributed by atoms with Crippen LogP contribution in [0.2, 0.25) is 0 Å². The molecule has 0 aliphatic heterocycles. The SMILES string of the molecule is CNC(Cc1ccc(OC)c(Br)c1)c1cc(Br)cc(Br)c1. The van der Waals surface area contributed by atoms with Gasteiger partial charge in [0.2, 0.25) is 0 Å². The van der Waals surface area contributed by atoms with Crippen molar-refractivity contribution in [1.82, 2.24) is 5.32 Å². The number of nitrogens with one attached hydrogen (secondary N) is 1. The van der Waals surface area contributed by atoms with E-state index in [1.54, 1.807) is 7.11 Å². The number of rotatable bonds is 5. The molecule has 0 aromatic heterocycles. The van der Waals surface area contributed by atoms with Gasteiger partial charge in [-0.1, -0.05) is 37.9 Å². The van der Waals surface area contributed by atoms with Crippen molar-refractivity contribution in [2.75, 3.05) is 14.2 Å². The van der Waals surface area contributed by atoms with Crippen LogP contribution in [0.3, 0.4) is 0 Å². The third-order valence-electron chi connectivity index (χ3n) is 3.29. The van der Waals surface area contributed by atoms with E-state index in [4.69, 9.17) is 4.74 Å². The Labute approximate surface area is 150 Å². The predicted molar refractivity (Wildman–Crippen MR) is 98.0 cm³/mol. The number of hydrogen-bond acceptors (Lipinski definition) is 2. The van der Waals surface area contributed by atoms with Crippen molar-refractivity contribution in [2.24, 2.45) is 0 Å². The van der Waals surface area contributed by atoms with Crippen molar-refractivity contribution >= 4 is 47.8 Å². The van der Waals surface area contributed by atoms with E-state index in [-0.39, 0.29) is 6.04 Å². The van der Waals surface area contributed by atoms with Gasteiger partial charge in [0.15, 0.2) is 0 Å². The van der Waals surface area contributed by atoms with Crippen molar-refractivity contribution in [3.8, 4) is 5.75 Å². The van der Waals surface area contributed by atoms with E-state index in [2.05, 4.69) is 77.4 Å². The number of halogens is 3. The molecule has 0 bridgehead atoms. The Bertz CT molecular complexity index is 611. The molecule has 112 valence electrons. The van der Waals surface area contributed by atoms with Crippen LogP contribution in [-0.2, 0) is 6.42 Å². The van der Waals surface area contributed by atoms with E-state index < -0.39 is 0 Å². The Morgan fingerprint density at radius 2 is 1.71 bits per heavy atom. The highest BCUT2D eigenvalue weighted by molar-refractivity contribution is 9.11. The fourth-order valence-corrected chi connectivity index (χ4v) is 4.15. The topological polar surface area (TPSA) is 21.3 Å². The minimum atomic E-state index is 0.249. The minimum Gasteiger partial charge on any atom is -0.496 e. The molecule has 0 heterocycles. The predicted octanol–water partition coefficient (Wildman–Crippen LogP) is 5.49. The molecular formula is C16H16Br3NO. The highest BCUT2D eigenvalue weighted by Gasteiger charge is 2.12. The number of ether oxygens (including phenoxy) is 1. The Balaban J connectivity index is 2.24. The molecule has 2 rings (SSSR count). The lowest BCUT2D eigenvalue weighted by Crippen LogP contribution is -2.19. The van der Waals surface area contributed by atoms with Gasteiger partial charge in [-0.3, -0.25) is 0 Å². The van der Waals surface area contributed by atoms with Crippen LogP contribution in [0, 0.1) is 0 Å². The lowest BCUT2D eigenvalue weighted by atomic mass is 9.99. The number of hydrogen-bond donors (Lipinski definition) is 1. The second-order valence-corrected chi connectivity index (χ2v) is 7.40. The molecule has 2 aromatic rings. The normalized spacial score (nSPS) is 12.2. The van der Waals surface area contributed by atoms with Gasteiger partial charge in [0.25, 0.3) is 0 Å². The van der Waals surface area contributed by atoms with Crippen LogP contribution in [0.4, 0.5) is 0 Å². The second kappa shape index (κ2) is 7.77. The van der Waals surface area contributed by atoms with Crippen LogP contribution >= 0.6 is 47.8 Å². The first kappa shape index (κ1) is 17.0. The van der Waals surface area contributed by atoms with Gasteiger partial charge in [-0.05, 0) is 70.9 Å². The third-order valence-corrected chi connectivity index (χ3v) is 4.83. The van der Waals surface area contributed by atoms with Crippen LogP contribution in [-0.4, -0.2) is 14.2 Å². The fourth-order valence-electron chi connectivity index (χ4n) is 2.24. The summed E-state index contributed by atoms with van der Waals surface area (Å²) in [6, 6.07) is 12.8. The maximum Gasteiger partial charge on any atom is 0.133 e.